The number of benzene rings is 2. The molecule has 0 spiro atoms. The topological polar surface area (TPSA) is 212 Å². The number of ether oxygens (including phenoxy) is 5. The molecule has 0 amide bonds. The molecule has 4 N–H and O–H groups in total. The molecule has 0 fully saturated rings. The minimum Gasteiger partial charge on any atom is -0.508 e. The van der Waals surface area contributed by atoms with E-state index in [4.69, 9.17) is 23.7 Å². The molecular weight excluding hydrogens is 608 g/mol. The molecule has 0 saturated carbocycles. The summed E-state index contributed by atoms with van der Waals surface area (Å²) in [5, 5.41) is 41.2. The number of hydrogen-bond donors (Lipinski definition) is 4. The number of rotatable bonds is 0. The maximum Gasteiger partial charge on any atom is 0.342 e. The van der Waals surface area contributed by atoms with E-state index < -0.39 is 84.0 Å². The van der Waals surface area contributed by atoms with Gasteiger partial charge >= 0.3 is 29.8 Å². The first-order chi connectivity index (χ1) is 21.5. The van der Waals surface area contributed by atoms with Crippen molar-refractivity contribution >= 4 is 29.8 Å². The summed E-state index contributed by atoms with van der Waals surface area (Å²) in [5.74, 6) is -6.28. The molecule has 1 aliphatic rings. The van der Waals surface area contributed by atoms with Crippen LogP contribution in [0.3, 0.4) is 0 Å². The van der Waals surface area contributed by atoms with E-state index in [-0.39, 0.29) is 53.7 Å². The zero-order valence-corrected chi connectivity index (χ0v) is 26.1. The number of cyclic esters (lactones) is 5. The minimum atomic E-state index is -1.04. The number of phenols is 4. The quantitative estimate of drug-likeness (QED) is 0.239. The lowest BCUT2D eigenvalue weighted by molar-refractivity contribution is -0.159. The first-order valence-corrected chi connectivity index (χ1v) is 14.6. The molecule has 0 unspecified atom stereocenters. The molecule has 0 saturated heterocycles. The Morgan fingerprint density at radius 3 is 1.09 bits per heavy atom. The lowest BCUT2D eigenvalue weighted by Gasteiger charge is -2.21. The zero-order valence-electron chi connectivity index (χ0n) is 26.1. The Morgan fingerprint density at radius 2 is 0.739 bits per heavy atom. The number of carbonyl (C=O) groups is 5. The van der Waals surface area contributed by atoms with Crippen LogP contribution in [0.2, 0.25) is 0 Å². The number of hydrogen-bond acceptors (Lipinski definition) is 14. The molecule has 0 aliphatic carbocycles. The van der Waals surface area contributed by atoms with Crippen LogP contribution >= 0.6 is 0 Å². The van der Waals surface area contributed by atoms with Crippen LogP contribution < -0.4 is 0 Å². The molecule has 14 heteroatoms. The van der Waals surface area contributed by atoms with Gasteiger partial charge in [-0.15, -0.1) is 0 Å². The van der Waals surface area contributed by atoms with Crippen LogP contribution in [0, 0.1) is 0 Å². The molecule has 5 atom stereocenters. The highest BCUT2D eigenvalue weighted by atomic mass is 16.6. The SMILES string of the molecule is C[C@@H]1CC(=O)O[C@@H](C)Cc2cc(O)cc(O)c2C(=O)O[C@H](C)Cc2cc(O)cc(O)c2C(=O)O[C@@H](C)CC(=O)O[C@@H](C)CC(=O)O1. The molecule has 2 aromatic rings. The van der Waals surface area contributed by atoms with Crippen molar-refractivity contribution in [1.82, 2.24) is 0 Å². The van der Waals surface area contributed by atoms with Gasteiger partial charge in [0.1, 0.15) is 64.6 Å². The van der Waals surface area contributed by atoms with Crippen molar-refractivity contribution in [3.63, 3.8) is 0 Å². The van der Waals surface area contributed by atoms with Crippen molar-refractivity contribution in [2.75, 3.05) is 0 Å². The molecular formula is C32H38O14. The van der Waals surface area contributed by atoms with Crippen LogP contribution in [-0.4, -0.2) is 80.8 Å². The van der Waals surface area contributed by atoms with Crippen molar-refractivity contribution in [2.45, 2.75) is 97.2 Å². The fourth-order valence-electron chi connectivity index (χ4n) is 4.96. The normalized spacial score (nSPS) is 24.5. The molecule has 2 aromatic carbocycles. The number of fused-ring (bicyclic) bond motifs is 2. The van der Waals surface area contributed by atoms with Gasteiger partial charge in [-0.2, -0.15) is 0 Å². The van der Waals surface area contributed by atoms with E-state index in [1.165, 1.54) is 46.8 Å². The fraction of sp³-hybridized carbons (Fsp3) is 0.469. The highest BCUT2D eigenvalue weighted by Crippen LogP contribution is 2.32. The molecule has 0 aromatic heterocycles. The van der Waals surface area contributed by atoms with Gasteiger partial charge in [-0.1, -0.05) is 0 Å². The van der Waals surface area contributed by atoms with Crippen LogP contribution in [0.25, 0.3) is 0 Å². The predicted molar refractivity (Wildman–Crippen MR) is 157 cm³/mol. The van der Waals surface area contributed by atoms with E-state index in [1.54, 1.807) is 0 Å². The fourth-order valence-corrected chi connectivity index (χ4v) is 4.96. The molecule has 0 radical (unpaired) electrons. The number of aromatic hydroxyl groups is 4. The standard InChI is InChI=1S/C32H38O14/c1-15-6-20-11-22(33)13-24(35)29(20)31(40)45-16(2)7-21-12-23(34)14-25(36)30(21)32(41)46-19(5)10-28(39)44-18(4)9-27(38)43-17(3)8-26(37)42-15/h11-19,33-36H,6-10H2,1-5H3/t15-,16+,17+,18-,19-/m0/s1. The molecule has 46 heavy (non-hydrogen) atoms. The van der Waals surface area contributed by atoms with Crippen LogP contribution in [-0.2, 0) is 50.9 Å². The summed E-state index contributed by atoms with van der Waals surface area (Å²) in [7, 11) is 0. The first kappa shape index (κ1) is 35.5. The van der Waals surface area contributed by atoms with Gasteiger partial charge in [0.25, 0.3) is 0 Å². The molecule has 14 nitrogen and oxygen atoms in total. The maximum atomic E-state index is 13.3. The smallest absolute Gasteiger partial charge is 0.342 e. The van der Waals surface area contributed by atoms with Gasteiger partial charge in [0.2, 0.25) is 0 Å². The summed E-state index contributed by atoms with van der Waals surface area (Å²) in [4.78, 5) is 63.7. The second-order valence-corrected chi connectivity index (χ2v) is 11.4. The summed E-state index contributed by atoms with van der Waals surface area (Å²) in [5.41, 5.74) is -0.508. The third-order valence-electron chi connectivity index (χ3n) is 6.77. The lowest BCUT2D eigenvalue weighted by Crippen LogP contribution is -2.27. The summed E-state index contributed by atoms with van der Waals surface area (Å²) >= 11 is 0. The van der Waals surface area contributed by atoms with Gasteiger partial charge in [-0.25, -0.2) is 9.59 Å². The van der Waals surface area contributed by atoms with Crippen LogP contribution in [0.15, 0.2) is 24.3 Å². The first-order valence-electron chi connectivity index (χ1n) is 14.6. The predicted octanol–water partition coefficient (Wildman–Crippen LogP) is 3.36. The van der Waals surface area contributed by atoms with Gasteiger partial charge in [-0.3, -0.25) is 14.4 Å². The van der Waals surface area contributed by atoms with Crippen molar-refractivity contribution in [2.24, 2.45) is 0 Å². The zero-order chi connectivity index (χ0) is 34.3. The van der Waals surface area contributed by atoms with E-state index >= 15 is 0 Å². The van der Waals surface area contributed by atoms with Crippen LogP contribution in [0.1, 0.15) is 85.7 Å². The second kappa shape index (κ2) is 15.3. The largest absolute Gasteiger partial charge is 0.508 e. The molecule has 1 heterocycles. The number of esters is 5. The Balaban J connectivity index is 1.95. The Morgan fingerprint density at radius 1 is 0.457 bits per heavy atom. The van der Waals surface area contributed by atoms with Crippen molar-refractivity contribution in [1.29, 1.82) is 0 Å². The third-order valence-corrected chi connectivity index (χ3v) is 6.77. The highest BCUT2D eigenvalue weighted by molar-refractivity contribution is 5.95. The van der Waals surface area contributed by atoms with Crippen molar-refractivity contribution in [3.8, 4) is 23.0 Å². The maximum absolute atomic E-state index is 13.3. The number of carbonyl (C=O) groups excluding carboxylic acids is 5. The van der Waals surface area contributed by atoms with Gasteiger partial charge in [0.15, 0.2) is 0 Å². The molecule has 3 rings (SSSR count). The van der Waals surface area contributed by atoms with Gasteiger partial charge in [-0.05, 0) is 57.9 Å². The van der Waals surface area contributed by atoms with Gasteiger partial charge in [0, 0.05) is 25.0 Å². The van der Waals surface area contributed by atoms with Crippen molar-refractivity contribution in [3.05, 3.63) is 46.5 Å². The van der Waals surface area contributed by atoms with Gasteiger partial charge < -0.3 is 44.1 Å². The third kappa shape index (κ3) is 10.0. The van der Waals surface area contributed by atoms with Crippen molar-refractivity contribution < 1.29 is 68.1 Å². The Hall–Kier alpha value is -5.01. The Labute approximate surface area is 264 Å². The monoisotopic (exact) mass is 646 g/mol. The highest BCUT2D eigenvalue weighted by Gasteiger charge is 2.28. The van der Waals surface area contributed by atoms with E-state index in [0.717, 1.165) is 12.1 Å². The summed E-state index contributed by atoms with van der Waals surface area (Å²) in [6.07, 6.45) is -6.05. The lowest BCUT2D eigenvalue weighted by atomic mass is 9.99. The Bertz CT molecular complexity index is 1480. The molecule has 1 aliphatic heterocycles. The van der Waals surface area contributed by atoms with E-state index in [0.29, 0.717) is 0 Å². The summed E-state index contributed by atoms with van der Waals surface area (Å²) in [6.45, 7) is 7.33. The second-order valence-electron chi connectivity index (χ2n) is 11.4. The molecule has 0 bridgehead atoms. The number of phenolic OH excluding ortho intramolecular Hbond substituents is 4. The van der Waals surface area contributed by atoms with Gasteiger partial charge in [0.05, 0.1) is 19.3 Å². The van der Waals surface area contributed by atoms with Crippen LogP contribution in [0.5, 0.6) is 23.0 Å². The summed E-state index contributed by atoms with van der Waals surface area (Å²) in [6, 6.07) is 4.23. The molecule has 250 valence electrons. The minimum absolute atomic E-state index is 0.0454. The van der Waals surface area contributed by atoms with E-state index in [2.05, 4.69) is 0 Å². The van der Waals surface area contributed by atoms with Crippen LogP contribution in [0.4, 0.5) is 0 Å². The summed E-state index contributed by atoms with van der Waals surface area (Å²) < 4.78 is 26.7. The van der Waals surface area contributed by atoms with E-state index in [9.17, 15) is 44.4 Å². The van der Waals surface area contributed by atoms with E-state index in [1.807, 2.05) is 0 Å². The average molecular weight is 647 g/mol. The average Bonchev–Trinajstić information content (AvgIpc) is 2.86. The Kier molecular flexibility index (Phi) is 11.8.